The third kappa shape index (κ3) is 4.72. The molecular formula is C24H25N3O3S. The standard InChI is InChI=1S/C24H25N3O3S/c1-4-26(24(28)20-15-27-10-9-17(2)12-23(27)25-20)14-18-7-8-21(22(13-18)29-3)30-16-19-6-5-11-31-19/h5-13,15H,4,14,16H2,1-3H3. The van der Waals surface area contributed by atoms with Crippen molar-refractivity contribution in [2.45, 2.75) is 27.0 Å². The van der Waals surface area contributed by atoms with Crippen molar-refractivity contribution in [1.29, 1.82) is 0 Å². The predicted molar refractivity (Wildman–Crippen MR) is 122 cm³/mol. The molecule has 0 aliphatic carbocycles. The van der Waals surface area contributed by atoms with Crippen molar-refractivity contribution in [2.75, 3.05) is 13.7 Å². The molecule has 0 spiro atoms. The molecular weight excluding hydrogens is 410 g/mol. The van der Waals surface area contributed by atoms with Gasteiger partial charge in [-0.05, 0) is 60.7 Å². The molecule has 0 fully saturated rings. The lowest BCUT2D eigenvalue weighted by atomic mass is 10.1. The number of rotatable bonds is 8. The number of pyridine rings is 1. The minimum Gasteiger partial charge on any atom is -0.493 e. The summed E-state index contributed by atoms with van der Waals surface area (Å²) in [5.41, 5.74) is 3.29. The molecule has 0 aliphatic rings. The maximum Gasteiger partial charge on any atom is 0.274 e. The van der Waals surface area contributed by atoms with Crippen molar-refractivity contribution >= 4 is 22.9 Å². The first-order chi connectivity index (χ1) is 15.1. The molecule has 1 amide bonds. The molecule has 0 aliphatic heterocycles. The van der Waals surface area contributed by atoms with Crippen LogP contribution >= 0.6 is 11.3 Å². The van der Waals surface area contributed by atoms with E-state index in [-0.39, 0.29) is 5.91 Å². The van der Waals surface area contributed by atoms with Gasteiger partial charge < -0.3 is 18.8 Å². The van der Waals surface area contributed by atoms with Crippen LogP contribution in [0.4, 0.5) is 0 Å². The molecule has 160 valence electrons. The number of carbonyl (C=O) groups excluding carboxylic acids is 1. The Labute approximate surface area is 185 Å². The Morgan fingerprint density at radius 3 is 2.81 bits per heavy atom. The monoisotopic (exact) mass is 435 g/mol. The number of amides is 1. The molecule has 1 aromatic carbocycles. The van der Waals surface area contributed by atoms with E-state index in [9.17, 15) is 4.79 Å². The van der Waals surface area contributed by atoms with Gasteiger partial charge in [-0.3, -0.25) is 4.79 Å². The van der Waals surface area contributed by atoms with Crippen LogP contribution in [0.15, 0.2) is 60.2 Å². The second-order valence-corrected chi connectivity index (χ2v) is 8.30. The van der Waals surface area contributed by atoms with E-state index in [2.05, 4.69) is 4.98 Å². The number of hydrogen-bond acceptors (Lipinski definition) is 5. The first-order valence-corrected chi connectivity index (χ1v) is 11.0. The SMILES string of the molecule is CCN(Cc1ccc(OCc2cccs2)c(OC)c1)C(=O)c1cn2ccc(C)cc2n1. The first-order valence-electron chi connectivity index (χ1n) is 10.1. The van der Waals surface area contributed by atoms with E-state index in [1.165, 1.54) is 0 Å². The second-order valence-electron chi connectivity index (χ2n) is 7.27. The summed E-state index contributed by atoms with van der Waals surface area (Å²) < 4.78 is 13.3. The van der Waals surface area contributed by atoms with Crippen LogP contribution < -0.4 is 9.47 Å². The smallest absolute Gasteiger partial charge is 0.274 e. The molecule has 0 atom stereocenters. The number of thiophene rings is 1. The van der Waals surface area contributed by atoms with Gasteiger partial charge in [0.15, 0.2) is 11.5 Å². The Kier molecular flexibility index (Phi) is 6.23. The summed E-state index contributed by atoms with van der Waals surface area (Å²) in [4.78, 5) is 20.5. The van der Waals surface area contributed by atoms with Gasteiger partial charge in [0, 0.05) is 30.4 Å². The number of fused-ring (bicyclic) bond motifs is 1. The lowest BCUT2D eigenvalue weighted by Crippen LogP contribution is -2.30. The second kappa shape index (κ2) is 9.22. The highest BCUT2D eigenvalue weighted by atomic mass is 32.1. The van der Waals surface area contributed by atoms with Crippen molar-refractivity contribution in [3.8, 4) is 11.5 Å². The number of methoxy groups -OCH3 is 1. The number of imidazole rings is 1. The van der Waals surface area contributed by atoms with Crippen LogP contribution in [0.5, 0.6) is 11.5 Å². The highest BCUT2D eigenvalue weighted by molar-refractivity contribution is 7.09. The van der Waals surface area contributed by atoms with Crippen molar-refractivity contribution in [3.05, 3.63) is 81.9 Å². The van der Waals surface area contributed by atoms with Crippen LogP contribution in [-0.4, -0.2) is 33.8 Å². The van der Waals surface area contributed by atoms with E-state index in [0.29, 0.717) is 36.9 Å². The molecule has 0 bridgehead atoms. The molecule has 31 heavy (non-hydrogen) atoms. The summed E-state index contributed by atoms with van der Waals surface area (Å²) >= 11 is 1.66. The Bertz CT molecular complexity index is 1180. The van der Waals surface area contributed by atoms with E-state index in [1.807, 2.05) is 72.3 Å². The number of ether oxygens (including phenoxy) is 2. The minimum atomic E-state index is -0.0964. The van der Waals surface area contributed by atoms with Gasteiger partial charge in [0.2, 0.25) is 0 Å². The fraction of sp³-hybridized carbons (Fsp3) is 0.250. The summed E-state index contributed by atoms with van der Waals surface area (Å²) in [6.45, 7) is 5.51. The Morgan fingerprint density at radius 1 is 1.19 bits per heavy atom. The van der Waals surface area contributed by atoms with Crippen LogP contribution in [0.1, 0.15) is 33.4 Å². The van der Waals surface area contributed by atoms with E-state index in [0.717, 1.165) is 21.7 Å². The van der Waals surface area contributed by atoms with E-state index in [1.54, 1.807) is 29.5 Å². The number of aryl methyl sites for hydroxylation is 1. The van der Waals surface area contributed by atoms with Crippen molar-refractivity contribution in [3.63, 3.8) is 0 Å². The molecule has 3 heterocycles. The third-order valence-electron chi connectivity index (χ3n) is 5.06. The van der Waals surface area contributed by atoms with Gasteiger partial charge >= 0.3 is 0 Å². The summed E-state index contributed by atoms with van der Waals surface area (Å²) in [5.74, 6) is 1.24. The lowest BCUT2D eigenvalue weighted by Gasteiger charge is -2.20. The van der Waals surface area contributed by atoms with Crippen LogP contribution in [0.3, 0.4) is 0 Å². The first kappa shape index (κ1) is 20.9. The summed E-state index contributed by atoms with van der Waals surface area (Å²) in [7, 11) is 1.62. The normalized spacial score (nSPS) is 10.9. The number of hydrogen-bond donors (Lipinski definition) is 0. The van der Waals surface area contributed by atoms with E-state index < -0.39 is 0 Å². The molecule has 4 rings (SSSR count). The molecule has 6 nitrogen and oxygen atoms in total. The molecule has 0 radical (unpaired) electrons. The number of nitrogens with zero attached hydrogens (tertiary/aromatic N) is 3. The van der Waals surface area contributed by atoms with Gasteiger partial charge in [-0.15, -0.1) is 11.3 Å². The van der Waals surface area contributed by atoms with Crippen LogP contribution in [-0.2, 0) is 13.2 Å². The highest BCUT2D eigenvalue weighted by Crippen LogP contribution is 2.30. The highest BCUT2D eigenvalue weighted by Gasteiger charge is 2.19. The molecule has 0 unspecified atom stereocenters. The minimum absolute atomic E-state index is 0.0964. The topological polar surface area (TPSA) is 56.1 Å². The maximum absolute atomic E-state index is 13.1. The number of aromatic nitrogens is 2. The zero-order valence-corrected chi connectivity index (χ0v) is 18.7. The fourth-order valence-electron chi connectivity index (χ4n) is 3.37. The van der Waals surface area contributed by atoms with Gasteiger partial charge in [-0.25, -0.2) is 4.98 Å². The molecule has 3 aromatic heterocycles. The molecule has 0 saturated heterocycles. The van der Waals surface area contributed by atoms with Crippen LogP contribution in [0, 0.1) is 6.92 Å². The van der Waals surface area contributed by atoms with Crippen molar-refractivity contribution < 1.29 is 14.3 Å². The van der Waals surface area contributed by atoms with Gasteiger partial charge in [0.25, 0.3) is 5.91 Å². The third-order valence-corrected chi connectivity index (χ3v) is 5.91. The largest absolute Gasteiger partial charge is 0.493 e. The average molecular weight is 436 g/mol. The quantitative estimate of drug-likeness (QED) is 0.393. The summed E-state index contributed by atoms with van der Waals surface area (Å²) in [6, 6.07) is 13.8. The maximum atomic E-state index is 13.1. The summed E-state index contributed by atoms with van der Waals surface area (Å²) in [6.07, 6.45) is 3.70. The zero-order chi connectivity index (χ0) is 21.8. The van der Waals surface area contributed by atoms with Crippen LogP contribution in [0.2, 0.25) is 0 Å². The molecule has 0 saturated carbocycles. The Morgan fingerprint density at radius 2 is 2.06 bits per heavy atom. The van der Waals surface area contributed by atoms with Crippen LogP contribution in [0.25, 0.3) is 5.65 Å². The van der Waals surface area contributed by atoms with Gasteiger partial charge in [-0.2, -0.15) is 0 Å². The Hall–Kier alpha value is -3.32. The number of benzene rings is 1. The Balaban J connectivity index is 1.49. The van der Waals surface area contributed by atoms with Gasteiger partial charge in [-0.1, -0.05) is 12.1 Å². The van der Waals surface area contributed by atoms with Gasteiger partial charge in [0.1, 0.15) is 17.9 Å². The van der Waals surface area contributed by atoms with Crippen molar-refractivity contribution in [1.82, 2.24) is 14.3 Å². The van der Waals surface area contributed by atoms with Gasteiger partial charge in [0.05, 0.1) is 7.11 Å². The fourth-order valence-corrected chi connectivity index (χ4v) is 3.99. The lowest BCUT2D eigenvalue weighted by molar-refractivity contribution is 0.0747. The average Bonchev–Trinajstić information content (AvgIpc) is 3.45. The molecule has 0 N–H and O–H groups in total. The molecule has 7 heteroatoms. The predicted octanol–water partition coefficient (Wildman–Crippen LogP) is 4.95. The molecule has 4 aromatic rings. The van der Waals surface area contributed by atoms with E-state index >= 15 is 0 Å². The number of carbonyl (C=O) groups is 1. The van der Waals surface area contributed by atoms with E-state index in [4.69, 9.17) is 9.47 Å². The van der Waals surface area contributed by atoms with Crippen molar-refractivity contribution in [2.24, 2.45) is 0 Å². The zero-order valence-electron chi connectivity index (χ0n) is 17.9. The summed E-state index contributed by atoms with van der Waals surface area (Å²) in [5, 5.41) is 2.03.